The summed E-state index contributed by atoms with van der Waals surface area (Å²) in [6.07, 6.45) is 0. The SMILES string of the molecule is O=C(O)COc1ccccc1NC(=O)c1ccccc1Br. The van der Waals surface area contributed by atoms with Crippen LogP contribution in [0.15, 0.2) is 53.0 Å². The van der Waals surface area contributed by atoms with Crippen LogP contribution < -0.4 is 10.1 Å². The molecule has 0 bridgehead atoms. The number of anilines is 1. The van der Waals surface area contributed by atoms with E-state index in [0.29, 0.717) is 21.5 Å². The summed E-state index contributed by atoms with van der Waals surface area (Å²) in [5, 5.41) is 11.3. The van der Waals surface area contributed by atoms with Crippen molar-refractivity contribution in [3.05, 3.63) is 58.6 Å². The van der Waals surface area contributed by atoms with Crippen molar-refractivity contribution in [3.63, 3.8) is 0 Å². The molecule has 0 aliphatic carbocycles. The van der Waals surface area contributed by atoms with Crippen LogP contribution in [-0.4, -0.2) is 23.6 Å². The van der Waals surface area contributed by atoms with Gasteiger partial charge in [-0.15, -0.1) is 0 Å². The van der Waals surface area contributed by atoms with Crippen LogP contribution in [0, 0.1) is 0 Å². The Bertz CT molecular complexity index is 672. The summed E-state index contributed by atoms with van der Waals surface area (Å²) < 4.78 is 5.81. The van der Waals surface area contributed by atoms with Gasteiger partial charge in [0.1, 0.15) is 5.75 Å². The molecule has 2 N–H and O–H groups in total. The van der Waals surface area contributed by atoms with Crippen molar-refractivity contribution in [2.45, 2.75) is 0 Å². The summed E-state index contributed by atoms with van der Waals surface area (Å²) in [6.45, 7) is -0.470. The van der Waals surface area contributed by atoms with E-state index in [0.717, 1.165) is 0 Å². The van der Waals surface area contributed by atoms with Gasteiger partial charge >= 0.3 is 5.97 Å². The molecular formula is C15H12BrNO4. The van der Waals surface area contributed by atoms with Crippen LogP contribution in [0.4, 0.5) is 5.69 Å². The van der Waals surface area contributed by atoms with Gasteiger partial charge in [-0.1, -0.05) is 24.3 Å². The highest BCUT2D eigenvalue weighted by molar-refractivity contribution is 9.10. The van der Waals surface area contributed by atoms with E-state index in [1.54, 1.807) is 42.5 Å². The number of aliphatic carboxylic acids is 1. The molecule has 2 rings (SSSR count). The Labute approximate surface area is 129 Å². The number of carboxylic acids is 1. The molecule has 1 amide bonds. The van der Waals surface area contributed by atoms with Crippen molar-refractivity contribution in [2.75, 3.05) is 11.9 Å². The number of nitrogens with one attached hydrogen (secondary N) is 1. The first-order chi connectivity index (χ1) is 10.1. The topological polar surface area (TPSA) is 75.6 Å². The summed E-state index contributed by atoms with van der Waals surface area (Å²) >= 11 is 3.31. The molecule has 0 fully saturated rings. The average Bonchev–Trinajstić information content (AvgIpc) is 2.46. The molecule has 21 heavy (non-hydrogen) atoms. The van der Waals surface area contributed by atoms with E-state index in [-0.39, 0.29) is 5.91 Å². The maximum atomic E-state index is 12.2. The summed E-state index contributed by atoms with van der Waals surface area (Å²) in [5.41, 5.74) is 0.894. The molecule has 0 spiro atoms. The van der Waals surface area contributed by atoms with Gasteiger partial charge in [-0.25, -0.2) is 4.79 Å². The molecule has 5 nitrogen and oxygen atoms in total. The summed E-state index contributed by atoms with van der Waals surface area (Å²) in [4.78, 5) is 22.8. The van der Waals surface area contributed by atoms with E-state index in [1.807, 2.05) is 6.07 Å². The molecule has 0 atom stereocenters. The third-order valence-electron chi connectivity index (χ3n) is 2.60. The van der Waals surface area contributed by atoms with Crippen LogP contribution in [-0.2, 0) is 4.79 Å². The highest BCUT2D eigenvalue weighted by Gasteiger charge is 2.12. The Morgan fingerprint density at radius 1 is 1.10 bits per heavy atom. The number of ether oxygens (including phenoxy) is 1. The maximum absolute atomic E-state index is 12.2. The molecule has 2 aromatic rings. The molecule has 2 aromatic carbocycles. The maximum Gasteiger partial charge on any atom is 0.341 e. The number of benzene rings is 2. The highest BCUT2D eigenvalue weighted by Crippen LogP contribution is 2.25. The van der Waals surface area contributed by atoms with Gasteiger partial charge in [-0.2, -0.15) is 0 Å². The zero-order valence-electron chi connectivity index (χ0n) is 10.9. The molecule has 0 unspecified atom stereocenters. The van der Waals surface area contributed by atoms with Gasteiger partial charge in [0.15, 0.2) is 6.61 Å². The number of hydrogen-bond acceptors (Lipinski definition) is 3. The van der Waals surface area contributed by atoms with E-state index in [4.69, 9.17) is 9.84 Å². The van der Waals surface area contributed by atoms with Crippen LogP contribution in [0.1, 0.15) is 10.4 Å². The van der Waals surface area contributed by atoms with Crippen LogP contribution in [0.3, 0.4) is 0 Å². The molecule has 108 valence electrons. The molecule has 6 heteroatoms. The lowest BCUT2D eigenvalue weighted by molar-refractivity contribution is -0.139. The summed E-state index contributed by atoms with van der Waals surface area (Å²) in [7, 11) is 0. The first-order valence-electron chi connectivity index (χ1n) is 6.07. The second kappa shape index (κ2) is 6.90. The van der Waals surface area contributed by atoms with E-state index in [9.17, 15) is 9.59 Å². The smallest absolute Gasteiger partial charge is 0.341 e. The molecule has 0 aromatic heterocycles. The molecule has 0 aliphatic rings. The fourth-order valence-corrected chi connectivity index (χ4v) is 2.14. The predicted molar refractivity (Wildman–Crippen MR) is 81.7 cm³/mol. The van der Waals surface area contributed by atoms with Crippen LogP contribution in [0.25, 0.3) is 0 Å². The van der Waals surface area contributed by atoms with Gasteiger partial charge in [-0.3, -0.25) is 4.79 Å². The molecular weight excluding hydrogens is 338 g/mol. The first-order valence-corrected chi connectivity index (χ1v) is 6.86. The minimum absolute atomic E-state index is 0.306. The number of amides is 1. The second-order valence-electron chi connectivity index (χ2n) is 4.11. The largest absolute Gasteiger partial charge is 0.480 e. The number of hydrogen-bond donors (Lipinski definition) is 2. The molecule has 0 heterocycles. The summed E-state index contributed by atoms with van der Waals surface area (Å²) in [6, 6.07) is 13.7. The lowest BCUT2D eigenvalue weighted by atomic mass is 10.2. The number of carbonyl (C=O) groups excluding carboxylic acids is 1. The Balaban J connectivity index is 2.18. The van der Waals surface area contributed by atoms with Crippen molar-refractivity contribution >= 4 is 33.5 Å². The Morgan fingerprint density at radius 2 is 1.76 bits per heavy atom. The average molecular weight is 350 g/mol. The van der Waals surface area contributed by atoms with Gasteiger partial charge in [-0.05, 0) is 40.2 Å². The third kappa shape index (κ3) is 4.06. The number of carboxylic acid groups (broad SMARTS) is 1. The number of halogens is 1. The van der Waals surface area contributed by atoms with Crippen molar-refractivity contribution in [1.29, 1.82) is 0 Å². The molecule has 0 saturated carbocycles. The molecule has 0 saturated heterocycles. The van der Waals surface area contributed by atoms with Crippen LogP contribution in [0.2, 0.25) is 0 Å². The normalized spacial score (nSPS) is 9.95. The van der Waals surface area contributed by atoms with Gasteiger partial charge in [0.2, 0.25) is 0 Å². The lowest BCUT2D eigenvalue weighted by Gasteiger charge is -2.11. The zero-order chi connectivity index (χ0) is 15.2. The van der Waals surface area contributed by atoms with Crippen LogP contribution in [0.5, 0.6) is 5.75 Å². The van der Waals surface area contributed by atoms with Gasteiger partial charge in [0, 0.05) is 4.47 Å². The minimum atomic E-state index is -1.08. The molecule has 0 radical (unpaired) electrons. The van der Waals surface area contributed by atoms with Gasteiger partial charge in [0.05, 0.1) is 11.3 Å². The zero-order valence-corrected chi connectivity index (χ0v) is 12.5. The van der Waals surface area contributed by atoms with E-state index < -0.39 is 12.6 Å². The van der Waals surface area contributed by atoms with Gasteiger partial charge in [0.25, 0.3) is 5.91 Å². The van der Waals surface area contributed by atoms with Crippen LogP contribution >= 0.6 is 15.9 Å². The Kier molecular flexibility index (Phi) is 4.94. The molecule has 0 aliphatic heterocycles. The van der Waals surface area contributed by atoms with Gasteiger partial charge < -0.3 is 15.2 Å². The van der Waals surface area contributed by atoms with Crippen molar-refractivity contribution in [2.24, 2.45) is 0 Å². The van der Waals surface area contributed by atoms with Crippen molar-refractivity contribution in [3.8, 4) is 5.75 Å². The van der Waals surface area contributed by atoms with Crippen molar-refractivity contribution < 1.29 is 19.4 Å². The van der Waals surface area contributed by atoms with Crippen molar-refractivity contribution in [1.82, 2.24) is 0 Å². The standard InChI is InChI=1S/C15H12BrNO4/c16-11-6-2-1-5-10(11)15(20)17-12-7-3-4-8-13(12)21-9-14(18)19/h1-8H,9H2,(H,17,20)(H,18,19). The fourth-order valence-electron chi connectivity index (χ4n) is 1.67. The minimum Gasteiger partial charge on any atom is -0.480 e. The second-order valence-corrected chi connectivity index (χ2v) is 4.97. The number of para-hydroxylation sites is 2. The predicted octanol–water partition coefficient (Wildman–Crippen LogP) is 3.16. The van der Waals surface area contributed by atoms with E-state index in [2.05, 4.69) is 21.2 Å². The quantitative estimate of drug-likeness (QED) is 0.869. The Hall–Kier alpha value is -2.34. The highest BCUT2D eigenvalue weighted by atomic mass is 79.9. The number of carbonyl (C=O) groups is 2. The monoisotopic (exact) mass is 349 g/mol. The fraction of sp³-hybridized carbons (Fsp3) is 0.0667. The van der Waals surface area contributed by atoms with E-state index >= 15 is 0 Å². The lowest BCUT2D eigenvalue weighted by Crippen LogP contribution is -2.15. The third-order valence-corrected chi connectivity index (χ3v) is 3.30. The summed E-state index contributed by atoms with van der Waals surface area (Å²) in [5.74, 6) is -1.09. The Morgan fingerprint density at radius 3 is 2.48 bits per heavy atom. The first kappa shape index (κ1) is 15.1. The number of rotatable bonds is 5. The van der Waals surface area contributed by atoms with E-state index in [1.165, 1.54) is 0 Å².